The van der Waals surface area contributed by atoms with Gasteiger partial charge in [-0.05, 0) is 35.4 Å². The molecule has 3 atom stereocenters. The Kier molecular flexibility index (Phi) is 6.38. The lowest BCUT2D eigenvalue weighted by Gasteiger charge is -2.30. The Morgan fingerprint density at radius 3 is 2.37 bits per heavy atom. The predicted octanol–water partition coefficient (Wildman–Crippen LogP) is 2.34. The fourth-order valence-corrected chi connectivity index (χ4v) is 3.76. The predicted molar refractivity (Wildman–Crippen MR) is 107 cm³/mol. The minimum Gasteiger partial charge on any atom is -0.504 e. The van der Waals surface area contributed by atoms with Gasteiger partial charge in [0.2, 0.25) is 0 Å². The first-order valence-corrected chi connectivity index (χ1v) is 9.47. The fourth-order valence-electron chi connectivity index (χ4n) is 3.76. The van der Waals surface area contributed by atoms with E-state index in [-0.39, 0.29) is 36.9 Å². The first kappa shape index (κ1) is 21.7. The number of aromatic hydroxyl groups is 2. The molecular weight excluding hydrogens is 392 g/mol. The summed E-state index contributed by atoms with van der Waals surface area (Å²) in [7, 11) is 2.89. The number of aliphatic hydroxyl groups is 1. The molecule has 1 aliphatic heterocycles. The van der Waals surface area contributed by atoms with Crippen molar-refractivity contribution >= 4 is 5.97 Å². The van der Waals surface area contributed by atoms with Crippen LogP contribution in [0.4, 0.5) is 0 Å². The fraction of sp³-hybridized carbons (Fsp3) is 0.409. The van der Waals surface area contributed by atoms with Crippen molar-refractivity contribution in [3.8, 4) is 23.0 Å². The van der Waals surface area contributed by atoms with Crippen molar-refractivity contribution < 1.29 is 39.1 Å². The van der Waals surface area contributed by atoms with Crippen molar-refractivity contribution in [1.29, 1.82) is 0 Å². The van der Waals surface area contributed by atoms with Crippen molar-refractivity contribution in [2.75, 3.05) is 27.4 Å². The molecule has 30 heavy (non-hydrogen) atoms. The zero-order valence-electron chi connectivity index (χ0n) is 17.1. The van der Waals surface area contributed by atoms with Gasteiger partial charge in [-0.2, -0.15) is 0 Å². The maximum atomic E-state index is 11.5. The Balaban J connectivity index is 1.92. The number of rotatable bonds is 7. The molecule has 0 spiro atoms. The summed E-state index contributed by atoms with van der Waals surface area (Å²) in [5.41, 5.74) is 0.0706. The number of benzene rings is 2. The maximum absolute atomic E-state index is 11.5. The zero-order chi connectivity index (χ0) is 21.9. The lowest BCUT2D eigenvalue weighted by atomic mass is 9.80. The first-order chi connectivity index (χ1) is 14.3. The molecular formula is C22H26O8. The van der Waals surface area contributed by atoms with E-state index in [4.69, 9.17) is 18.9 Å². The minimum absolute atomic E-state index is 0.00133. The third-order valence-corrected chi connectivity index (χ3v) is 5.32. The Labute approximate surface area is 174 Å². The number of carbonyl (C=O) groups is 1. The van der Waals surface area contributed by atoms with Crippen molar-refractivity contribution in [2.24, 2.45) is 5.92 Å². The van der Waals surface area contributed by atoms with Crippen LogP contribution in [-0.4, -0.2) is 54.3 Å². The van der Waals surface area contributed by atoms with E-state index in [1.807, 2.05) is 0 Å². The van der Waals surface area contributed by atoms with Crippen LogP contribution < -0.4 is 9.47 Å². The molecule has 8 heteroatoms. The summed E-state index contributed by atoms with van der Waals surface area (Å²) in [6.07, 6.45) is -0.385. The van der Waals surface area contributed by atoms with E-state index in [0.717, 1.165) is 5.56 Å². The molecule has 1 saturated heterocycles. The highest BCUT2D eigenvalue weighted by Gasteiger charge is 2.50. The van der Waals surface area contributed by atoms with Crippen LogP contribution in [0.2, 0.25) is 0 Å². The highest BCUT2D eigenvalue weighted by atomic mass is 16.5. The van der Waals surface area contributed by atoms with Crippen LogP contribution in [0.15, 0.2) is 36.4 Å². The Hall–Kier alpha value is -2.97. The van der Waals surface area contributed by atoms with Gasteiger partial charge in [-0.3, -0.25) is 4.79 Å². The second-order valence-electron chi connectivity index (χ2n) is 7.36. The molecule has 0 radical (unpaired) electrons. The number of esters is 1. The number of ether oxygens (including phenoxy) is 4. The summed E-state index contributed by atoms with van der Waals surface area (Å²) >= 11 is 0. The van der Waals surface area contributed by atoms with E-state index in [9.17, 15) is 20.1 Å². The molecule has 3 N–H and O–H groups in total. The molecule has 0 aliphatic carbocycles. The van der Waals surface area contributed by atoms with Gasteiger partial charge in [0.05, 0.1) is 39.5 Å². The van der Waals surface area contributed by atoms with Crippen LogP contribution in [0.25, 0.3) is 0 Å². The smallest absolute Gasteiger partial charge is 0.302 e. The average molecular weight is 418 g/mol. The quantitative estimate of drug-likeness (QED) is 0.587. The lowest BCUT2D eigenvalue weighted by molar-refractivity contribution is -0.145. The molecule has 3 rings (SSSR count). The zero-order valence-corrected chi connectivity index (χ0v) is 17.1. The average Bonchev–Trinajstić information content (AvgIpc) is 3.04. The van der Waals surface area contributed by atoms with Crippen LogP contribution in [0.3, 0.4) is 0 Å². The molecule has 0 amide bonds. The number of hydrogen-bond acceptors (Lipinski definition) is 8. The van der Waals surface area contributed by atoms with E-state index in [1.165, 1.54) is 33.3 Å². The molecule has 162 valence electrons. The third-order valence-electron chi connectivity index (χ3n) is 5.32. The summed E-state index contributed by atoms with van der Waals surface area (Å²) in [6.45, 7) is 1.27. The number of phenols is 2. The normalized spacial score (nSPS) is 23.2. The molecule has 0 saturated carbocycles. The lowest BCUT2D eigenvalue weighted by Crippen LogP contribution is -2.42. The maximum Gasteiger partial charge on any atom is 0.302 e. The molecule has 1 heterocycles. The summed E-state index contributed by atoms with van der Waals surface area (Å²) in [5.74, 6) is -0.468. The number of phenolic OH excluding ortho intramolecular Hbond substituents is 2. The number of methoxy groups -OCH3 is 2. The monoisotopic (exact) mass is 418 g/mol. The van der Waals surface area contributed by atoms with Gasteiger partial charge in [0.25, 0.3) is 0 Å². The number of carbonyl (C=O) groups excluding carboxylic acids is 1. The standard InChI is InChI=1S/C22H26O8/c1-13(23)29-11-16-21(15-5-7-18(25)20(9-15)28-3)30-12-22(16,26)10-14-4-6-17(24)19(8-14)27-2/h4-9,16,21,24-26H,10-12H2,1-3H3/t16?,21?,22-/m1/s1. The summed E-state index contributed by atoms with van der Waals surface area (Å²) in [5, 5.41) is 31.2. The van der Waals surface area contributed by atoms with E-state index in [2.05, 4.69) is 0 Å². The molecule has 0 aromatic heterocycles. The SMILES string of the molecule is COc1cc(C[C@@]2(O)COC(c3ccc(O)c(OC)c3)C2COC(C)=O)ccc1O. The van der Waals surface area contributed by atoms with Gasteiger partial charge in [-0.25, -0.2) is 0 Å². The van der Waals surface area contributed by atoms with Crippen molar-refractivity contribution in [1.82, 2.24) is 0 Å². The van der Waals surface area contributed by atoms with E-state index in [0.29, 0.717) is 11.3 Å². The van der Waals surface area contributed by atoms with Crippen LogP contribution >= 0.6 is 0 Å². The molecule has 2 aromatic rings. The van der Waals surface area contributed by atoms with Gasteiger partial charge in [-0.15, -0.1) is 0 Å². The van der Waals surface area contributed by atoms with Crippen LogP contribution in [0.1, 0.15) is 24.2 Å². The summed E-state index contributed by atoms with van der Waals surface area (Å²) in [6, 6.07) is 9.64. The second kappa shape index (κ2) is 8.81. The second-order valence-corrected chi connectivity index (χ2v) is 7.36. The molecule has 2 aromatic carbocycles. The van der Waals surface area contributed by atoms with E-state index < -0.39 is 23.6 Å². The molecule has 2 unspecified atom stereocenters. The van der Waals surface area contributed by atoms with Gasteiger partial charge in [0, 0.05) is 13.3 Å². The van der Waals surface area contributed by atoms with Gasteiger partial charge in [0.15, 0.2) is 23.0 Å². The first-order valence-electron chi connectivity index (χ1n) is 9.47. The molecule has 1 aliphatic rings. The minimum atomic E-state index is -1.34. The molecule has 1 fully saturated rings. The van der Waals surface area contributed by atoms with Gasteiger partial charge >= 0.3 is 5.97 Å². The topological polar surface area (TPSA) is 115 Å². The highest BCUT2D eigenvalue weighted by molar-refractivity contribution is 5.65. The third kappa shape index (κ3) is 4.44. The van der Waals surface area contributed by atoms with Gasteiger partial charge < -0.3 is 34.3 Å². The Morgan fingerprint density at radius 1 is 1.10 bits per heavy atom. The van der Waals surface area contributed by atoms with Gasteiger partial charge in [-0.1, -0.05) is 12.1 Å². The molecule has 8 nitrogen and oxygen atoms in total. The van der Waals surface area contributed by atoms with Gasteiger partial charge in [0.1, 0.15) is 5.60 Å². The summed E-state index contributed by atoms with van der Waals surface area (Å²) in [4.78, 5) is 11.4. The van der Waals surface area contributed by atoms with E-state index >= 15 is 0 Å². The Morgan fingerprint density at radius 2 is 1.73 bits per heavy atom. The van der Waals surface area contributed by atoms with Crippen molar-refractivity contribution in [2.45, 2.75) is 25.0 Å². The number of hydrogen-bond donors (Lipinski definition) is 3. The van der Waals surface area contributed by atoms with Crippen LogP contribution in [-0.2, 0) is 20.7 Å². The highest BCUT2D eigenvalue weighted by Crippen LogP contribution is 2.45. The van der Waals surface area contributed by atoms with Crippen molar-refractivity contribution in [3.63, 3.8) is 0 Å². The molecule has 0 bridgehead atoms. The van der Waals surface area contributed by atoms with Crippen LogP contribution in [0, 0.1) is 5.92 Å². The summed E-state index contributed by atoms with van der Waals surface area (Å²) < 4.78 is 21.5. The van der Waals surface area contributed by atoms with E-state index in [1.54, 1.807) is 24.3 Å². The Bertz CT molecular complexity index is 912. The van der Waals surface area contributed by atoms with Crippen LogP contribution in [0.5, 0.6) is 23.0 Å². The largest absolute Gasteiger partial charge is 0.504 e. The van der Waals surface area contributed by atoms with Crippen molar-refractivity contribution in [3.05, 3.63) is 47.5 Å².